The van der Waals surface area contributed by atoms with E-state index < -0.39 is 0 Å². The van der Waals surface area contributed by atoms with Crippen LogP contribution in [0, 0.1) is 16.6 Å². The van der Waals surface area contributed by atoms with Gasteiger partial charge in [-0.3, -0.25) is 0 Å². The topological polar surface area (TPSA) is 0 Å². The molecule has 0 saturated carbocycles. The van der Waals surface area contributed by atoms with Gasteiger partial charge in [0.2, 0.25) is 0 Å². The first-order chi connectivity index (χ1) is 6.77. The lowest BCUT2D eigenvalue weighted by Gasteiger charge is -2.04. The molecule has 0 spiro atoms. The first-order valence-electron chi connectivity index (χ1n) is 4.50. The zero-order valence-corrected chi connectivity index (χ0v) is 10.1. The van der Waals surface area contributed by atoms with Crippen LogP contribution in [-0.2, 0) is 0 Å². The standard InChI is InChI=1S/C13H10I/c1-10-6-8-11(9-7-10)12-4-2-3-5-13(12)14/h2-6,8-9H,1H3. The summed E-state index contributed by atoms with van der Waals surface area (Å²) in [6.07, 6.45) is 0. The number of aryl methyl sites for hydroxylation is 1. The Hall–Kier alpha value is -0.830. The molecule has 1 radical (unpaired) electrons. The molecule has 0 aliphatic carbocycles. The second-order valence-corrected chi connectivity index (χ2v) is 4.40. The van der Waals surface area contributed by atoms with Crippen molar-refractivity contribution in [2.24, 2.45) is 0 Å². The van der Waals surface area contributed by atoms with E-state index in [2.05, 4.69) is 72.0 Å². The maximum Gasteiger partial charge on any atom is 0.0208 e. The van der Waals surface area contributed by atoms with Crippen molar-refractivity contribution in [2.45, 2.75) is 6.92 Å². The van der Waals surface area contributed by atoms with Crippen LogP contribution >= 0.6 is 22.6 Å². The minimum Gasteiger partial charge on any atom is -0.0616 e. The molecule has 14 heavy (non-hydrogen) atoms. The number of halogens is 1. The van der Waals surface area contributed by atoms with E-state index in [1.165, 1.54) is 20.3 Å². The molecule has 0 heterocycles. The van der Waals surface area contributed by atoms with Crippen LogP contribution < -0.4 is 0 Å². The van der Waals surface area contributed by atoms with Crippen molar-refractivity contribution in [3.05, 3.63) is 57.7 Å². The highest BCUT2D eigenvalue weighted by molar-refractivity contribution is 14.1. The Labute approximate surface area is 98.1 Å². The molecule has 0 fully saturated rings. The lowest BCUT2D eigenvalue weighted by molar-refractivity contribution is 1.45. The molecule has 0 aliphatic rings. The van der Waals surface area contributed by atoms with Gasteiger partial charge in [0, 0.05) is 3.57 Å². The summed E-state index contributed by atoms with van der Waals surface area (Å²) in [7, 11) is 0. The SMILES string of the molecule is Cc1[c]cc(-c2ccccc2I)cc1. The first kappa shape index (κ1) is 9.71. The molecule has 0 nitrogen and oxygen atoms in total. The average molecular weight is 293 g/mol. The molecule has 0 amide bonds. The smallest absolute Gasteiger partial charge is 0.0208 e. The molecule has 0 aromatic heterocycles. The third-order valence-electron chi connectivity index (χ3n) is 2.15. The summed E-state index contributed by atoms with van der Waals surface area (Å²) in [5, 5.41) is 0. The van der Waals surface area contributed by atoms with Gasteiger partial charge >= 0.3 is 0 Å². The largest absolute Gasteiger partial charge is 0.0616 e. The van der Waals surface area contributed by atoms with Crippen LogP contribution in [0.25, 0.3) is 11.1 Å². The quantitative estimate of drug-likeness (QED) is 0.695. The Morgan fingerprint density at radius 3 is 2.50 bits per heavy atom. The Morgan fingerprint density at radius 1 is 1.07 bits per heavy atom. The Balaban J connectivity index is 2.50. The van der Waals surface area contributed by atoms with E-state index in [1.54, 1.807) is 0 Å². The number of hydrogen-bond donors (Lipinski definition) is 0. The zero-order chi connectivity index (χ0) is 9.97. The van der Waals surface area contributed by atoms with Gasteiger partial charge in [-0.2, -0.15) is 0 Å². The Bertz CT molecular complexity index is 429. The molecular formula is C13H10I. The number of benzene rings is 2. The van der Waals surface area contributed by atoms with E-state index in [1.807, 2.05) is 6.07 Å². The normalized spacial score (nSPS) is 10.1. The van der Waals surface area contributed by atoms with Crippen LogP contribution in [0.1, 0.15) is 5.56 Å². The average Bonchev–Trinajstić information content (AvgIpc) is 2.20. The van der Waals surface area contributed by atoms with Crippen LogP contribution in [0.2, 0.25) is 0 Å². The molecule has 1 heteroatoms. The minimum atomic E-state index is 1.18. The van der Waals surface area contributed by atoms with E-state index in [0.29, 0.717) is 0 Å². The van der Waals surface area contributed by atoms with E-state index in [-0.39, 0.29) is 0 Å². The molecule has 0 aliphatic heterocycles. The summed E-state index contributed by atoms with van der Waals surface area (Å²) in [5.74, 6) is 0. The van der Waals surface area contributed by atoms with E-state index in [9.17, 15) is 0 Å². The monoisotopic (exact) mass is 293 g/mol. The van der Waals surface area contributed by atoms with Crippen molar-refractivity contribution in [3.8, 4) is 11.1 Å². The summed E-state index contributed by atoms with van der Waals surface area (Å²) >= 11 is 2.36. The molecule has 69 valence electrons. The summed E-state index contributed by atoms with van der Waals surface area (Å²) in [4.78, 5) is 0. The summed E-state index contributed by atoms with van der Waals surface area (Å²) in [5.41, 5.74) is 3.70. The van der Waals surface area contributed by atoms with Crippen LogP contribution in [-0.4, -0.2) is 0 Å². The molecule has 0 saturated heterocycles. The fourth-order valence-electron chi connectivity index (χ4n) is 1.37. The highest BCUT2D eigenvalue weighted by Crippen LogP contribution is 2.24. The maximum atomic E-state index is 3.22. The minimum absolute atomic E-state index is 1.18. The first-order valence-corrected chi connectivity index (χ1v) is 5.58. The fraction of sp³-hybridized carbons (Fsp3) is 0.0769. The van der Waals surface area contributed by atoms with E-state index in [0.717, 1.165) is 0 Å². The summed E-state index contributed by atoms with van der Waals surface area (Å²) < 4.78 is 1.28. The maximum absolute atomic E-state index is 3.22. The lowest BCUT2D eigenvalue weighted by Crippen LogP contribution is -1.82. The van der Waals surface area contributed by atoms with E-state index >= 15 is 0 Å². The van der Waals surface area contributed by atoms with Crippen LogP contribution in [0.5, 0.6) is 0 Å². The Morgan fingerprint density at radius 2 is 1.86 bits per heavy atom. The molecule has 2 aromatic rings. The molecule has 0 bridgehead atoms. The van der Waals surface area contributed by atoms with Crippen LogP contribution in [0.3, 0.4) is 0 Å². The van der Waals surface area contributed by atoms with E-state index in [4.69, 9.17) is 0 Å². The fourth-order valence-corrected chi connectivity index (χ4v) is 2.06. The van der Waals surface area contributed by atoms with Gasteiger partial charge in [-0.25, -0.2) is 0 Å². The van der Waals surface area contributed by atoms with Crippen molar-refractivity contribution in [1.82, 2.24) is 0 Å². The zero-order valence-electron chi connectivity index (χ0n) is 7.92. The van der Waals surface area contributed by atoms with Crippen molar-refractivity contribution in [2.75, 3.05) is 0 Å². The predicted octanol–water partition coefficient (Wildman–Crippen LogP) is 4.07. The van der Waals surface area contributed by atoms with Crippen molar-refractivity contribution in [1.29, 1.82) is 0 Å². The molecule has 0 unspecified atom stereocenters. The molecule has 0 N–H and O–H groups in total. The number of hydrogen-bond acceptors (Lipinski definition) is 0. The predicted molar refractivity (Wildman–Crippen MR) is 68.2 cm³/mol. The summed E-state index contributed by atoms with van der Waals surface area (Å²) in [6, 6.07) is 17.9. The van der Waals surface area contributed by atoms with Gasteiger partial charge in [0.25, 0.3) is 0 Å². The van der Waals surface area contributed by atoms with Gasteiger partial charge in [0.1, 0.15) is 0 Å². The van der Waals surface area contributed by atoms with Gasteiger partial charge in [0.05, 0.1) is 0 Å². The van der Waals surface area contributed by atoms with Gasteiger partial charge < -0.3 is 0 Å². The van der Waals surface area contributed by atoms with Gasteiger partial charge in [0.15, 0.2) is 0 Å². The third-order valence-corrected chi connectivity index (χ3v) is 3.09. The number of rotatable bonds is 1. The summed E-state index contributed by atoms with van der Waals surface area (Å²) in [6.45, 7) is 2.06. The third kappa shape index (κ3) is 1.98. The van der Waals surface area contributed by atoms with Gasteiger partial charge in [-0.1, -0.05) is 30.3 Å². The van der Waals surface area contributed by atoms with Crippen molar-refractivity contribution >= 4 is 22.6 Å². The van der Waals surface area contributed by atoms with Crippen LogP contribution in [0.15, 0.2) is 42.5 Å². The highest BCUT2D eigenvalue weighted by atomic mass is 127. The second kappa shape index (κ2) is 4.13. The highest BCUT2D eigenvalue weighted by Gasteiger charge is 2.00. The van der Waals surface area contributed by atoms with Gasteiger partial charge in [-0.05, 0) is 64.4 Å². The molecule has 2 aromatic carbocycles. The van der Waals surface area contributed by atoms with Crippen LogP contribution in [0.4, 0.5) is 0 Å². The second-order valence-electron chi connectivity index (χ2n) is 3.24. The Kier molecular flexibility index (Phi) is 2.87. The van der Waals surface area contributed by atoms with Gasteiger partial charge in [-0.15, -0.1) is 0 Å². The molecule has 0 atom stereocenters. The van der Waals surface area contributed by atoms with Crippen molar-refractivity contribution < 1.29 is 0 Å². The molecular weight excluding hydrogens is 283 g/mol. The lowest BCUT2D eigenvalue weighted by atomic mass is 10.0. The molecule has 2 rings (SSSR count). The van der Waals surface area contributed by atoms with Crippen molar-refractivity contribution in [3.63, 3.8) is 0 Å².